The van der Waals surface area contributed by atoms with E-state index in [1.165, 1.54) is 0 Å². The standard InChI is InChI=1S/C24H24N4O3/c1-16-8-9-17(2)28(16)26-24(31)18-10-12-20(13-11-18)25-23(30)19-14-22(29)27(15-19)21-6-4-3-5-7-21/h3-13,19H,14-15H2,1-2H3,(H,25,30)(H,26,31)/t19-/m1/s1. The Labute approximate surface area is 180 Å². The Kier molecular flexibility index (Phi) is 5.58. The summed E-state index contributed by atoms with van der Waals surface area (Å²) >= 11 is 0. The van der Waals surface area contributed by atoms with E-state index in [1.54, 1.807) is 33.8 Å². The monoisotopic (exact) mass is 416 g/mol. The molecule has 158 valence electrons. The van der Waals surface area contributed by atoms with Crippen molar-refractivity contribution in [3.63, 3.8) is 0 Å². The summed E-state index contributed by atoms with van der Waals surface area (Å²) in [5.74, 6) is -0.924. The van der Waals surface area contributed by atoms with Crippen LogP contribution >= 0.6 is 0 Å². The van der Waals surface area contributed by atoms with Crippen LogP contribution in [-0.2, 0) is 9.59 Å². The molecule has 3 amide bonds. The normalized spacial score (nSPS) is 15.7. The van der Waals surface area contributed by atoms with Crippen molar-refractivity contribution in [2.45, 2.75) is 20.3 Å². The molecule has 1 aliphatic rings. The molecular weight excluding hydrogens is 392 g/mol. The second-order valence-corrected chi connectivity index (χ2v) is 7.70. The van der Waals surface area contributed by atoms with Crippen LogP contribution in [0.2, 0.25) is 0 Å². The van der Waals surface area contributed by atoms with Crippen LogP contribution in [0.1, 0.15) is 28.2 Å². The molecule has 7 nitrogen and oxygen atoms in total. The lowest BCUT2D eigenvalue weighted by Gasteiger charge is -2.16. The van der Waals surface area contributed by atoms with Crippen molar-refractivity contribution < 1.29 is 14.4 Å². The fourth-order valence-electron chi connectivity index (χ4n) is 3.70. The minimum Gasteiger partial charge on any atom is -0.326 e. The van der Waals surface area contributed by atoms with Gasteiger partial charge in [0.2, 0.25) is 11.8 Å². The Morgan fingerprint density at radius 3 is 2.19 bits per heavy atom. The Balaban J connectivity index is 1.37. The molecule has 0 spiro atoms. The van der Waals surface area contributed by atoms with Crippen LogP contribution in [0.15, 0.2) is 66.7 Å². The topological polar surface area (TPSA) is 83.4 Å². The molecule has 0 unspecified atom stereocenters. The van der Waals surface area contributed by atoms with Crippen LogP contribution in [0.4, 0.5) is 11.4 Å². The maximum atomic E-state index is 12.7. The summed E-state index contributed by atoms with van der Waals surface area (Å²) in [4.78, 5) is 39.2. The van der Waals surface area contributed by atoms with E-state index >= 15 is 0 Å². The number of rotatable bonds is 5. The van der Waals surface area contributed by atoms with E-state index in [-0.39, 0.29) is 24.1 Å². The lowest BCUT2D eigenvalue weighted by atomic mass is 10.1. The fraction of sp³-hybridized carbons (Fsp3) is 0.208. The molecule has 1 aliphatic heterocycles. The van der Waals surface area contributed by atoms with E-state index in [0.29, 0.717) is 17.8 Å². The number of carbonyl (C=O) groups is 3. The molecule has 2 N–H and O–H groups in total. The van der Waals surface area contributed by atoms with Gasteiger partial charge >= 0.3 is 0 Å². The summed E-state index contributed by atoms with van der Waals surface area (Å²) in [5, 5.41) is 2.85. The molecular formula is C24H24N4O3. The molecule has 1 atom stereocenters. The van der Waals surface area contributed by atoms with Crippen molar-refractivity contribution in [1.82, 2.24) is 4.68 Å². The van der Waals surface area contributed by atoms with Crippen molar-refractivity contribution in [3.05, 3.63) is 83.7 Å². The zero-order valence-electron chi connectivity index (χ0n) is 17.5. The van der Waals surface area contributed by atoms with Gasteiger partial charge in [-0.25, -0.2) is 0 Å². The molecule has 4 rings (SSSR count). The molecule has 0 radical (unpaired) electrons. The van der Waals surface area contributed by atoms with Gasteiger partial charge in [-0.1, -0.05) is 18.2 Å². The number of para-hydroxylation sites is 1. The van der Waals surface area contributed by atoms with Gasteiger partial charge < -0.3 is 10.2 Å². The molecule has 31 heavy (non-hydrogen) atoms. The van der Waals surface area contributed by atoms with E-state index in [2.05, 4.69) is 10.7 Å². The molecule has 0 saturated carbocycles. The molecule has 2 aromatic carbocycles. The number of anilines is 2. The van der Waals surface area contributed by atoms with E-state index in [0.717, 1.165) is 17.1 Å². The molecule has 2 heterocycles. The molecule has 1 fully saturated rings. The predicted molar refractivity (Wildman–Crippen MR) is 120 cm³/mol. The largest absolute Gasteiger partial charge is 0.326 e. The van der Waals surface area contributed by atoms with Gasteiger partial charge in [-0.15, -0.1) is 0 Å². The molecule has 0 bridgehead atoms. The van der Waals surface area contributed by atoms with Gasteiger partial charge in [0.15, 0.2) is 0 Å². The number of carbonyl (C=O) groups excluding carboxylic acids is 3. The summed E-state index contributed by atoms with van der Waals surface area (Å²) in [6.45, 7) is 4.18. The zero-order valence-corrected chi connectivity index (χ0v) is 17.5. The third-order valence-corrected chi connectivity index (χ3v) is 5.46. The van der Waals surface area contributed by atoms with Gasteiger partial charge in [0.05, 0.1) is 5.92 Å². The van der Waals surface area contributed by atoms with Crippen molar-refractivity contribution in [2.24, 2.45) is 5.92 Å². The third-order valence-electron chi connectivity index (χ3n) is 5.46. The summed E-state index contributed by atoms with van der Waals surface area (Å²) in [6, 6.07) is 19.9. The van der Waals surface area contributed by atoms with Gasteiger partial charge in [-0.3, -0.25) is 24.5 Å². The minimum atomic E-state index is -0.421. The number of hydrogen-bond donors (Lipinski definition) is 2. The van der Waals surface area contributed by atoms with Crippen LogP contribution in [0, 0.1) is 19.8 Å². The van der Waals surface area contributed by atoms with Crippen molar-refractivity contribution in [2.75, 3.05) is 22.2 Å². The van der Waals surface area contributed by atoms with E-state index in [1.807, 2.05) is 56.3 Å². The average molecular weight is 416 g/mol. The van der Waals surface area contributed by atoms with Crippen LogP contribution in [0.5, 0.6) is 0 Å². The summed E-state index contributed by atoms with van der Waals surface area (Å²) in [7, 11) is 0. The van der Waals surface area contributed by atoms with Crippen LogP contribution in [0.3, 0.4) is 0 Å². The number of nitrogens with zero attached hydrogens (tertiary/aromatic N) is 2. The highest BCUT2D eigenvalue weighted by Crippen LogP contribution is 2.26. The van der Waals surface area contributed by atoms with Gasteiger partial charge in [0, 0.05) is 41.3 Å². The van der Waals surface area contributed by atoms with Crippen LogP contribution in [0.25, 0.3) is 0 Å². The third kappa shape index (κ3) is 4.35. The quantitative estimate of drug-likeness (QED) is 0.668. The second kappa shape index (κ2) is 8.47. The van der Waals surface area contributed by atoms with Crippen LogP contribution < -0.4 is 15.6 Å². The lowest BCUT2D eigenvalue weighted by Crippen LogP contribution is -2.28. The minimum absolute atomic E-state index is 0.0611. The number of amides is 3. The van der Waals surface area contributed by atoms with Crippen molar-refractivity contribution in [3.8, 4) is 0 Å². The van der Waals surface area contributed by atoms with Crippen LogP contribution in [-0.4, -0.2) is 28.9 Å². The fourth-order valence-corrected chi connectivity index (χ4v) is 3.70. The number of hydrogen-bond acceptors (Lipinski definition) is 3. The summed E-state index contributed by atoms with van der Waals surface area (Å²) in [5.41, 5.74) is 6.59. The first-order valence-corrected chi connectivity index (χ1v) is 10.1. The first-order chi connectivity index (χ1) is 14.9. The Morgan fingerprint density at radius 2 is 1.55 bits per heavy atom. The highest BCUT2D eigenvalue weighted by atomic mass is 16.2. The van der Waals surface area contributed by atoms with Gasteiger partial charge in [0.1, 0.15) is 0 Å². The molecule has 0 aliphatic carbocycles. The number of aryl methyl sites for hydroxylation is 2. The van der Waals surface area contributed by atoms with Gasteiger partial charge in [0.25, 0.3) is 5.91 Å². The van der Waals surface area contributed by atoms with E-state index < -0.39 is 5.92 Å². The van der Waals surface area contributed by atoms with Gasteiger partial charge in [-0.2, -0.15) is 0 Å². The smallest absolute Gasteiger partial charge is 0.270 e. The van der Waals surface area contributed by atoms with Crippen molar-refractivity contribution >= 4 is 29.1 Å². The highest BCUT2D eigenvalue weighted by Gasteiger charge is 2.35. The predicted octanol–water partition coefficient (Wildman–Crippen LogP) is 3.48. The Hall–Kier alpha value is -3.87. The molecule has 7 heteroatoms. The second-order valence-electron chi connectivity index (χ2n) is 7.70. The first kappa shape index (κ1) is 20.4. The average Bonchev–Trinajstić information content (AvgIpc) is 3.32. The maximum absolute atomic E-state index is 12.7. The lowest BCUT2D eigenvalue weighted by molar-refractivity contribution is -0.122. The van der Waals surface area contributed by atoms with Gasteiger partial charge in [-0.05, 0) is 62.4 Å². The van der Waals surface area contributed by atoms with Crippen molar-refractivity contribution in [1.29, 1.82) is 0 Å². The first-order valence-electron chi connectivity index (χ1n) is 10.1. The van der Waals surface area contributed by atoms with E-state index in [4.69, 9.17) is 0 Å². The Bertz CT molecular complexity index is 1100. The Morgan fingerprint density at radius 1 is 0.903 bits per heavy atom. The summed E-state index contributed by atoms with van der Waals surface area (Å²) < 4.78 is 1.73. The summed E-state index contributed by atoms with van der Waals surface area (Å²) in [6.07, 6.45) is 0.177. The molecule has 1 aromatic heterocycles. The maximum Gasteiger partial charge on any atom is 0.270 e. The number of aromatic nitrogens is 1. The molecule has 3 aromatic rings. The SMILES string of the molecule is Cc1ccc(C)n1NC(=O)c1ccc(NC(=O)[C@@H]2CC(=O)N(c3ccccc3)C2)cc1. The number of nitrogens with one attached hydrogen (secondary N) is 2. The van der Waals surface area contributed by atoms with E-state index in [9.17, 15) is 14.4 Å². The number of benzene rings is 2. The highest BCUT2D eigenvalue weighted by molar-refractivity contribution is 6.04. The molecule has 1 saturated heterocycles. The zero-order chi connectivity index (χ0) is 22.0.